The van der Waals surface area contributed by atoms with E-state index in [0.29, 0.717) is 32.2 Å². The zero-order valence-electron chi connectivity index (χ0n) is 15.9. The quantitative estimate of drug-likeness (QED) is 0.687. The number of imidazole rings is 1. The van der Waals surface area contributed by atoms with Gasteiger partial charge in [0.2, 0.25) is 0 Å². The number of benzene rings is 1. The molecular formula is C20H26N4O3. The minimum atomic E-state index is -0.487. The van der Waals surface area contributed by atoms with Crippen LogP contribution in [-0.2, 0) is 27.4 Å². The van der Waals surface area contributed by atoms with Crippen molar-refractivity contribution >= 4 is 27.8 Å². The van der Waals surface area contributed by atoms with Gasteiger partial charge >= 0.3 is 0 Å². The number of hydrogen-bond acceptors (Lipinski definition) is 6. The van der Waals surface area contributed by atoms with Crippen LogP contribution in [0.25, 0.3) is 21.9 Å². The summed E-state index contributed by atoms with van der Waals surface area (Å²) in [6, 6.07) is 8.03. The van der Waals surface area contributed by atoms with Crippen molar-refractivity contribution in [2.45, 2.75) is 45.6 Å². The van der Waals surface area contributed by atoms with Gasteiger partial charge in [0.1, 0.15) is 17.9 Å². The van der Waals surface area contributed by atoms with Gasteiger partial charge in [0.15, 0.2) is 11.6 Å². The Kier molecular flexibility index (Phi) is 4.99. The molecule has 0 atom stereocenters. The Morgan fingerprint density at radius 3 is 2.78 bits per heavy atom. The first-order valence-electron chi connectivity index (χ1n) is 9.50. The fourth-order valence-corrected chi connectivity index (χ4v) is 3.71. The van der Waals surface area contributed by atoms with Gasteiger partial charge < -0.3 is 24.5 Å². The smallest absolute Gasteiger partial charge is 0.165 e. The molecule has 7 nitrogen and oxygen atoms in total. The van der Waals surface area contributed by atoms with Crippen LogP contribution in [0.15, 0.2) is 24.3 Å². The van der Waals surface area contributed by atoms with E-state index in [1.165, 1.54) is 0 Å². The third-order valence-corrected chi connectivity index (χ3v) is 5.04. The van der Waals surface area contributed by atoms with Crippen LogP contribution in [0.3, 0.4) is 0 Å². The second-order valence-electron chi connectivity index (χ2n) is 6.96. The third-order valence-electron chi connectivity index (χ3n) is 5.04. The summed E-state index contributed by atoms with van der Waals surface area (Å²) in [5.41, 5.74) is 8.85. The average Bonchev–Trinajstić information content (AvgIpc) is 3.25. The maximum Gasteiger partial charge on any atom is 0.165 e. The predicted molar refractivity (Wildman–Crippen MR) is 104 cm³/mol. The van der Waals surface area contributed by atoms with Gasteiger partial charge in [-0.25, -0.2) is 9.97 Å². The molecule has 2 aromatic heterocycles. The van der Waals surface area contributed by atoms with Crippen LogP contribution < -0.4 is 5.73 Å². The normalized spacial score (nSPS) is 16.5. The summed E-state index contributed by atoms with van der Waals surface area (Å²) in [5.74, 6) is 0.837. The Morgan fingerprint density at radius 1 is 1.22 bits per heavy atom. The Balaban J connectivity index is 1.73. The van der Waals surface area contributed by atoms with Crippen molar-refractivity contribution < 1.29 is 14.2 Å². The first kappa shape index (κ1) is 18.2. The number of pyridine rings is 1. The summed E-state index contributed by atoms with van der Waals surface area (Å²) in [6.45, 7) is 7.17. The van der Waals surface area contributed by atoms with Crippen LogP contribution in [0.5, 0.6) is 0 Å². The molecule has 0 saturated carbocycles. The number of ether oxygens (including phenoxy) is 3. The zero-order valence-corrected chi connectivity index (χ0v) is 15.9. The average molecular weight is 370 g/mol. The summed E-state index contributed by atoms with van der Waals surface area (Å²) in [5, 5.41) is 1.05. The number of para-hydroxylation sites is 1. The second-order valence-corrected chi connectivity index (χ2v) is 6.96. The second kappa shape index (κ2) is 7.42. The lowest BCUT2D eigenvalue weighted by molar-refractivity contribution is -0.147. The van der Waals surface area contributed by atoms with E-state index in [-0.39, 0.29) is 0 Å². The lowest BCUT2D eigenvalue weighted by Crippen LogP contribution is -2.25. The minimum absolute atomic E-state index is 0.448. The number of hydrogen-bond donors (Lipinski definition) is 1. The lowest BCUT2D eigenvalue weighted by Gasteiger charge is -2.22. The molecule has 1 aliphatic heterocycles. The van der Waals surface area contributed by atoms with Crippen molar-refractivity contribution in [3.8, 4) is 0 Å². The number of aryl methyl sites for hydroxylation is 1. The van der Waals surface area contributed by atoms with E-state index in [2.05, 4.69) is 15.6 Å². The summed E-state index contributed by atoms with van der Waals surface area (Å²) in [6.07, 6.45) is 1.72. The number of nitrogens with zero attached hydrogens (tertiary/aromatic N) is 3. The molecule has 144 valence electrons. The largest absolute Gasteiger partial charge is 0.382 e. The van der Waals surface area contributed by atoms with Gasteiger partial charge in [-0.2, -0.15) is 0 Å². The number of nitrogens with two attached hydrogens (primary N) is 1. The summed E-state index contributed by atoms with van der Waals surface area (Å²) >= 11 is 0. The molecular weight excluding hydrogens is 344 g/mol. The number of anilines is 1. The molecule has 0 aliphatic carbocycles. The van der Waals surface area contributed by atoms with Crippen molar-refractivity contribution in [3.63, 3.8) is 0 Å². The molecule has 0 bridgehead atoms. The molecule has 0 spiro atoms. The highest BCUT2D eigenvalue weighted by atomic mass is 16.7. The molecule has 1 saturated heterocycles. The molecule has 1 aliphatic rings. The highest BCUT2D eigenvalue weighted by Gasteiger charge is 2.30. The molecule has 3 heterocycles. The Bertz CT molecular complexity index is 947. The van der Waals surface area contributed by atoms with E-state index in [9.17, 15) is 0 Å². The number of aromatic nitrogens is 3. The molecule has 1 fully saturated rings. The van der Waals surface area contributed by atoms with Crippen LogP contribution in [0, 0.1) is 0 Å². The van der Waals surface area contributed by atoms with Gasteiger partial charge in [-0.05, 0) is 26.3 Å². The number of rotatable bonds is 7. The SMILES string of the molecule is CCOCc1nc2c(N)nc3ccccc3c2n1CCCC1(C)OCCO1. The van der Waals surface area contributed by atoms with Gasteiger partial charge in [0.05, 0.1) is 24.2 Å². The zero-order chi connectivity index (χ0) is 18.9. The molecule has 0 amide bonds. The van der Waals surface area contributed by atoms with Crippen LogP contribution >= 0.6 is 0 Å². The molecule has 0 radical (unpaired) electrons. The summed E-state index contributed by atoms with van der Waals surface area (Å²) in [4.78, 5) is 9.27. The van der Waals surface area contributed by atoms with Crippen LogP contribution in [0.4, 0.5) is 5.82 Å². The van der Waals surface area contributed by atoms with Gasteiger partial charge in [0, 0.05) is 25.0 Å². The van der Waals surface area contributed by atoms with Gasteiger partial charge in [-0.1, -0.05) is 18.2 Å². The molecule has 7 heteroatoms. The first-order chi connectivity index (χ1) is 13.1. The van der Waals surface area contributed by atoms with Crippen LogP contribution in [-0.4, -0.2) is 40.1 Å². The van der Waals surface area contributed by atoms with Crippen LogP contribution in [0.2, 0.25) is 0 Å². The van der Waals surface area contributed by atoms with E-state index in [4.69, 9.17) is 24.9 Å². The number of fused-ring (bicyclic) bond motifs is 3. The molecule has 3 aromatic rings. The molecule has 1 aromatic carbocycles. The predicted octanol–water partition coefficient (Wildman–Crippen LogP) is 3.25. The van der Waals surface area contributed by atoms with Crippen molar-refractivity contribution in [3.05, 3.63) is 30.1 Å². The monoisotopic (exact) mass is 370 g/mol. The van der Waals surface area contributed by atoms with E-state index in [1.54, 1.807) is 0 Å². The van der Waals surface area contributed by atoms with Crippen molar-refractivity contribution in [1.82, 2.24) is 14.5 Å². The standard InChI is InChI=1S/C20H26N4O3/c1-3-25-13-16-23-17-18(14-7-4-5-8-15(14)22-19(17)21)24(16)10-6-9-20(2)26-11-12-27-20/h4-5,7-8H,3,6,9-13H2,1-2H3,(H2,21,22). The maximum absolute atomic E-state index is 6.21. The Hall–Kier alpha value is -2.22. The van der Waals surface area contributed by atoms with E-state index in [1.807, 2.05) is 32.0 Å². The summed E-state index contributed by atoms with van der Waals surface area (Å²) < 4.78 is 19.3. The Morgan fingerprint density at radius 2 is 2.00 bits per heavy atom. The highest BCUT2D eigenvalue weighted by Crippen LogP contribution is 2.30. The first-order valence-corrected chi connectivity index (χ1v) is 9.50. The van der Waals surface area contributed by atoms with Crippen molar-refractivity contribution in [2.75, 3.05) is 25.6 Å². The van der Waals surface area contributed by atoms with Gasteiger partial charge in [0.25, 0.3) is 0 Å². The van der Waals surface area contributed by atoms with Crippen molar-refractivity contribution in [1.29, 1.82) is 0 Å². The van der Waals surface area contributed by atoms with Crippen molar-refractivity contribution in [2.24, 2.45) is 0 Å². The number of nitrogen functional groups attached to an aromatic ring is 1. The molecule has 0 unspecified atom stereocenters. The third kappa shape index (κ3) is 3.50. The van der Waals surface area contributed by atoms with Gasteiger partial charge in [-0.15, -0.1) is 0 Å². The fourth-order valence-electron chi connectivity index (χ4n) is 3.71. The van der Waals surface area contributed by atoms with E-state index < -0.39 is 5.79 Å². The topological polar surface area (TPSA) is 84.4 Å². The minimum Gasteiger partial charge on any atom is -0.382 e. The van der Waals surface area contributed by atoms with E-state index >= 15 is 0 Å². The Labute approximate surface area is 158 Å². The van der Waals surface area contributed by atoms with Gasteiger partial charge in [-0.3, -0.25) is 0 Å². The molecule has 27 heavy (non-hydrogen) atoms. The fraction of sp³-hybridized carbons (Fsp3) is 0.500. The maximum atomic E-state index is 6.21. The summed E-state index contributed by atoms with van der Waals surface area (Å²) in [7, 11) is 0. The van der Waals surface area contributed by atoms with Crippen LogP contribution in [0.1, 0.15) is 32.5 Å². The molecule has 2 N–H and O–H groups in total. The highest BCUT2D eigenvalue weighted by molar-refractivity contribution is 6.06. The van der Waals surface area contributed by atoms with E-state index in [0.717, 1.165) is 47.1 Å². The molecule has 4 rings (SSSR count). The lowest BCUT2D eigenvalue weighted by atomic mass is 10.1.